The van der Waals surface area contributed by atoms with Crippen molar-refractivity contribution in [3.8, 4) is 16.9 Å². The number of methoxy groups -OCH3 is 1. The fraction of sp³-hybridized carbons (Fsp3) is 0.235. The van der Waals surface area contributed by atoms with Crippen LogP contribution in [0.4, 0.5) is 13.2 Å². The minimum atomic E-state index is -4.46. The average molecular weight is 348 g/mol. The first-order valence-corrected chi connectivity index (χ1v) is 7.43. The lowest BCUT2D eigenvalue weighted by Crippen LogP contribution is -2.06. The highest BCUT2D eigenvalue weighted by atomic mass is 19.4. The van der Waals surface area contributed by atoms with Crippen molar-refractivity contribution < 1.29 is 17.9 Å². The number of hydrogen-bond acceptors (Lipinski definition) is 4. The smallest absolute Gasteiger partial charge is 0.416 e. The second-order valence-corrected chi connectivity index (χ2v) is 5.49. The van der Waals surface area contributed by atoms with E-state index in [0.717, 1.165) is 18.0 Å². The van der Waals surface area contributed by atoms with Crippen molar-refractivity contribution in [2.24, 2.45) is 0 Å². The Balaban J connectivity index is 1.99. The lowest BCUT2D eigenvalue weighted by atomic mass is 10.0. The van der Waals surface area contributed by atoms with Crippen LogP contribution in [0.15, 0.2) is 42.9 Å². The van der Waals surface area contributed by atoms with E-state index in [2.05, 4.69) is 15.2 Å². The van der Waals surface area contributed by atoms with E-state index in [9.17, 15) is 13.2 Å². The largest absolute Gasteiger partial charge is 0.497 e. The molecule has 130 valence electrons. The molecular weight excluding hydrogens is 333 g/mol. The minimum Gasteiger partial charge on any atom is -0.497 e. The van der Waals surface area contributed by atoms with Crippen LogP contribution < -0.4 is 4.74 Å². The predicted octanol–water partition coefficient (Wildman–Crippen LogP) is 3.72. The summed E-state index contributed by atoms with van der Waals surface area (Å²) < 4.78 is 46.1. The summed E-state index contributed by atoms with van der Waals surface area (Å²) >= 11 is 0. The highest BCUT2D eigenvalue weighted by Gasteiger charge is 2.31. The van der Waals surface area contributed by atoms with E-state index >= 15 is 0 Å². The summed E-state index contributed by atoms with van der Waals surface area (Å²) in [4.78, 5) is 4.13. The third kappa shape index (κ3) is 3.78. The normalized spacial score (nSPS) is 11.6. The quantitative estimate of drug-likeness (QED) is 0.721. The summed E-state index contributed by atoms with van der Waals surface area (Å²) in [5.41, 5.74) is 0.748. The Labute approximate surface area is 142 Å². The molecule has 0 aliphatic carbocycles. The van der Waals surface area contributed by atoms with Gasteiger partial charge in [-0.2, -0.15) is 23.4 Å². The van der Waals surface area contributed by atoms with E-state index in [1.54, 1.807) is 24.5 Å². The number of ether oxygens (including phenoxy) is 1. The van der Waals surface area contributed by atoms with Crippen molar-refractivity contribution >= 4 is 0 Å². The van der Waals surface area contributed by atoms with Gasteiger partial charge in [-0.05, 0) is 36.8 Å². The molecule has 3 aromatic rings. The van der Waals surface area contributed by atoms with Crippen molar-refractivity contribution in [1.82, 2.24) is 19.7 Å². The van der Waals surface area contributed by atoms with Crippen molar-refractivity contribution in [2.45, 2.75) is 19.6 Å². The van der Waals surface area contributed by atoms with Crippen molar-refractivity contribution in [1.29, 1.82) is 0 Å². The Hall–Kier alpha value is -2.90. The fourth-order valence-electron chi connectivity index (χ4n) is 2.44. The number of nitrogens with zero attached hydrogens (tertiary/aromatic N) is 4. The average Bonchev–Trinajstić information content (AvgIpc) is 2.99. The number of halogens is 3. The number of benzene rings is 1. The molecule has 0 atom stereocenters. The van der Waals surface area contributed by atoms with Crippen LogP contribution in [0.2, 0.25) is 0 Å². The zero-order valence-corrected chi connectivity index (χ0v) is 13.6. The minimum absolute atomic E-state index is 0.133. The van der Waals surface area contributed by atoms with Gasteiger partial charge in [-0.25, -0.2) is 4.98 Å². The molecule has 0 bridgehead atoms. The van der Waals surface area contributed by atoms with Crippen LogP contribution in [-0.4, -0.2) is 26.9 Å². The zero-order chi connectivity index (χ0) is 18.0. The maximum absolute atomic E-state index is 13.1. The Kier molecular flexibility index (Phi) is 4.43. The van der Waals surface area contributed by atoms with E-state index < -0.39 is 11.7 Å². The molecule has 0 radical (unpaired) electrons. The molecular formula is C17H15F3N4O. The summed E-state index contributed by atoms with van der Waals surface area (Å²) in [5, 5.41) is 7.96. The van der Waals surface area contributed by atoms with Gasteiger partial charge in [0.1, 0.15) is 11.6 Å². The number of aryl methyl sites for hydroxylation is 1. The maximum atomic E-state index is 13.1. The number of imidazole rings is 1. The van der Waals surface area contributed by atoms with Crippen molar-refractivity contribution in [3.05, 3.63) is 59.9 Å². The highest BCUT2D eigenvalue weighted by Crippen LogP contribution is 2.35. The number of aromatic nitrogens is 4. The monoisotopic (exact) mass is 348 g/mol. The topological polar surface area (TPSA) is 52.8 Å². The summed E-state index contributed by atoms with van der Waals surface area (Å²) in [6.07, 6.45) is 0.445. The molecule has 2 heterocycles. The summed E-state index contributed by atoms with van der Waals surface area (Å²) in [7, 11) is 1.33. The van der Waals surface area contributed by atoms with Gasteiger partial charge >= 0.3 is 6.18 Å². The Bertz CT molecular complexity index is 890. The van der Waals surface area contributed by atoms with Crippen LogP contribution in [0.3, 0.4) is 0 Å². The van der Waals surface area contributed by atoms with Gasteiger partial charge in [-0.1, -0.05) is 0 Å². The Morgan fingerprint density at radius 2 is 1.92 bits per heavy atom. The molecule has 0 saturated heterocycles. The Morgan fingerprint density at radius 1 is 1.12 bits per heavy atom. The fourth-order valence-corrected chi connectivity index (χ4v) is 2.44. The molecule has 25 heavy (non-hydrogen) atoms. The molecule has 2 aromatic heterocycles. The van der Waals surface area contributed by atoms with Crippen LogP contribution in [0.25, 0.3) is 11.1 Å². The van der Waals surface area contributed by atoms with Gasteiger partial charge in [-0.15, -0.1) is 0 Å². The lowest BCUT2D eigenvalue weighted by molar-refractivity contribution is -0.137. The van der Waals surface area contributed by atoms with Crippen molar-refractivity contribution in [2.75, 3.05) is 7.11 Å². The highest BCUT2D eigenvalue weighted by molar-refractivity contribution is 5.66. The zero-order valence-electron chi connectivity index (χ0n) is 13.6. The molecule has 8 heteroatoms. The SMILES string of the molecule is COc1cc(-c2cnnc(Cn3ccnc3C)c2)cc(C(F)(F)F)c1. The second-order valence-electron chi connectivity index (χ2n) is 5.49. The molecule has 0 N–H and O–H groups in total. The standard InChI is InChI=1S/C17H15F3N4O/c1-11-21-3-4-24(11)10-15-6-13(9-22-23-15)12-5-14(17(18,19)20)8-16(7-12)25-2/h3-9H,10H2,1-2H3. The van der Waals surface area contributed by atoms with Crippen LogP contribution >= 0.6 is 0 Å². The Morgan fingerprint density at radius 3 is 2.56 bits per heavy atom. The first-order valence-electron chi connectivity index (χ1n) is 7.43. The van der Waals surface area contributed by atoms with E-state index in [0.29, 0.717) is 23.4 Å². The second kappa shape index (κ2) is 6.54. The van der Waals surface area contributed by atoms with Crippen LogP contribution in [-0.2, 0) is 12.7 Å². The van der Waals surface area contributed by atoms with Crippen LogP contribution in [0, 0.1) is 6.92 Å². The number of rotatable bonds is 4. The van der Waals surface area contributed by atoms with Crippen LogP contribution in [0.1, 0.15) is 17.1 Å². The van der Waals surface area contributed by atoms with Gasteiger partial charge in [0.2, 0.25) is 0 Å². The molecule has 3 rings (SSSR count). The summed E-state index contributed by atoms with van der Waals surface area (Å²) in [6, 6.07) is 5.29. The third-order valence-electron chi connectivity index (χ3n) is 3.76. The first kappa shape index (κ1) is 16.9. The molecule has 0 aliphatic rings. The van der Waals surface area contributed by atoms with E-state index in [4.69, 9.17) is 4.74 Å². The van der Waals surface area contributed by atoms with Gasteiger partial charge in [-0.3, -0.25) is 0 Å². The predicted molar refractivity (Wildman–Crippen MR) is 85.1 cm³/mol. The van der Waals surface area contributed by atoms with Gasteiger partial charge in [0.15, 0.2) is 0 Å². The molecule has 0 spiro atoms. The molecule has 0 unspecified atom stereocenters. The first-order chi connectivity index (χ1) is 11.9. The van der Waals surface area contributed by atoms with Gasteiger partial charge in [0.05, 0.1) is 31.1 Å². The number of hydrogen-bond donors (Lipinski definition) is 0. The van der Waals surface area contributed by atoms with Gasteiger partial charge in [0.25, 0.3) is 0 Å². The maximum Gasteiger partial charge on any atom is 0.416 e. The van der Waals surface area contributed by atoms with E-state index in [-0.39, 0.29) is 5.75 Å². The molecule has 0 aliphatic heterocycles. The lowest BCUT2D eigenvalue weighted by Gasteiger charge is -2.12. The van der Waals surface area contributed by atoms with Crippen LogP contribution in [0.5, 0.6) is 5.75 Å². The summed E-state index contributed by atoms with van der Waals surface area (Å²) in [6.45, 7) is 2.29. The van der Waals surface area contributed by atoms with Gasteiger partial charge < -0.3 is 9.30 Å². The molecule has 1 aromatic carbocycles. The van der Waals surface area contributed by atoms with E-state index in [1.165, 1.54) is 13.3 Å². The summed E-state index contributed by atoms with van der Waals surface area (Å²) in [5.74, 6) is 0.946. The van der Waals surface area contributed by atoms with Gasteiger partial charge in [0, 0.05) is 18.0 Å². The molecule has 0 fully saturated rings. The third-order valence-corrected chi connectivity index (χ3v) is 3.76. The molecule has 0 saturated carbocycles. The molecule has 5 nitrogen and oxygen atoms in total. The van der Waals surface area contributed by atoms with E-state index in [1.807, 2.05) is 11.5 Å². The number of alkyl halides is 3. The van der Waals surface area contributed by atoms with Crippen molar-refractivity contribution in [3.63, 3.8) is 0 Å². The molecule has 0 amide bonds.